The zero-order valence-corrected chi connectivity index (χ0v) is 8.91. The second-order valence-electron chi connectivity index (χ2n) is 4.13. The normalized spacial score (nSPS) is 17.8. The van der Waals surface area contributed by atoms with Crippen LogP contribution in [0.25, 0.3) is 0 Å². The molecule has 1 saturated carbocycles. The van der Waals surface area contributed by atoms with Crippen LogP contribution in [-0.2, 0) is 16.0 Å². The maximum atomic E-state index is 13.4. The average molecular weight is 220 g/mol. The number of hydrogen-bond donors (Lipinski definition) is 0. The Morgan fingerprint density at radius 3 is 2.38 bits per heavy atom. The van der Waals surface area contributed by atoms with Crippen molar-refractivity contribution in [2.75, 3.05) is 0 Å². The third-order valence-corrected chi connectivity index (χ3v) is 3.01. The first kappa shape index (κ1) is 11.0. The Balaban J connectivity index is 2.17. The second-order valence-corrected chi connectivity index (χ2v) is 4.13. The molecule has 16 heavy (non-hydrogen) atoms. The number of hydrogen-bond acceptors (Lipinski definition) is 2. The van der Waals surface area contributed by atoms with Crippen molar-refractivity contribution >= 4 is 11.6 Å². The molecule has 0 N–H and O–H groups in total. The lowest BCUT2D eigenvalue weighted by atomic mass is 9.82. The van der Waals surface area contributed by atoms with Crippen LogP contribution in [-0.4, -0.2) is 11.6 Å². The lowest BCUT2D eigenvalue weighted by molar-refractivity contribution is -0.135. The molecule has 84 valence electrons. The number of Topliss-reactive ketones (excluding diaryl/α,β-unsaturated/α-hetero) is 2. The van der Waals surface area contributed by atoms with Crippen LogP contribution in [0.1, 0.15) is 24.8 Å². The SMILES string of the molecule is O=C1CCCC(=O)C1Cc1ccccc1F. The first-order chi connectivity index (χ1) is 7.68. The molecule has 2 rings (SSSR count). The van der Waals surface area contributed by atoms with Gasteiger partial charge in [-0.15, -0.1) is 0 Å². The monoisotopic (exact) mass is 220 g/mol. The van der Waals surface area contributed by atoms with Crippen molar-refractivity contribution in [1.82, 2.24) is 0 Å². The fraction of sp³-hybridized carbons (Fsp3) is 0.385. The van der Waals surface area contributed by atoms with Crippen LogP contribution in [0.5, 0.6) is 0 Å². The predicted octanol–water partition coefficient (Wildman–Crippen LogP) is 2.31. The van der Waals surface area contributed by atoms with Gasteiger partial charge in [0.25, 0.3) is 0 Å². The van der Waals surface area contributed by atoms with Gasteiger partial charge in [-0.05, 0) is 24.5 Å². The largest absolute Gasteiger partial charge is 0.299 e. The highest BCUT2D eigenvalue weighted by molar-refractivity contribution is 6.04. The van der Waals surface area contributed by atoms with E-state index in [-0.39, 0.29) is 23.8 Å². The minimum absolute atomic E-state index is 0.0421. The minimum atomic E-state index is -0.620. The third kappa shape index (κ3) is 2.18. The summed E-state index contributed by atoms with van der Waals surface area (Å²) in [5.74, 6) is -1.04. The molecule has 0 radical (unpaired) electrons. The van der Waals surface area contributed by atoms with Crippen molar-refractivity contribution in [3.63, 3.8) is 0 Å². The summed E-state index contributed by atoms with van der Waals surface area (Å²) in [6.45, 7) is 0. The van der Waals surface area contributed by atoms with Gasteiger partial charge in [-0.25, -0.2) is 4.39 Å². The Morgan fingerprint density at radius 1 is 1.12 bits per heavy atom. The van der Waals surface area contributed by atoms with E-state index in [0.717, 1.165) is 0 Å². The summed E-state index contributed by atoms with van der Waals surface area (Å²) in [5, 5.41) is 0. The fourth-order valence-electron chi connectivity index (χ4n) is 2.08. The van der Waals surface area contributed by atoms with Gasteiger partial charge in [0.15, 0.2) is 0 Å². The first-order valence-corrected chi connectivity index (χ1v) is 5.47. The van der Waals surface area contributed by atoms with Crippen LogP contribution in [0.4, 0.5) is 4.39 Å². The minimum Gasteiger partial charge on any atom is -0.299 e. The van der Waals surface area contributed by atoms with Gasteiger partial charge in [-0.1, -0.05) is 18.2 Å². The van der Waals surface area contributed by atoms with Gasteiger partial charge in [0, 0.05) is 12.8 Å². The van der Waals surface area contributed by atoms with Crippen LogP contribution >= 0.6 is 0 Å². The van der Waals surface area contributed by atoms with Crippen LogP contribution in [0.15, 0.2) is 24.3 Å². The molecule has 0 aromatic heterocycles. The van der Waals surface area contributed by atoms with E-state index in [4.69, 9.17) is 0 Å². The summed E-state index contributed by atoms with van der Waals surface area (Å²) in [6, 6.07) is 6.30. The molecule has 0 heterocycles. The van der Waals surface area contributed by atoms with E-state index < -0.39 is 5.92 Å². The van der Waals surface area contributed by atoms with Gasteiger partial charge >= 0.3 is 0 Å². The van der Waals surface area contributed by atoms with E-state index in [0.29, 0.717) is 24.8 Å². The molecule has 0 atom stereocenters. The molecular formula is C13H13FO2. The van der Waals surface area contributed by atoms with E-state index in [2.05, 4.69) is 0 Å². The first-order valence-electron chi connectivity index (χ1n) is 5.47. The van der Waals surface area contributed by atoms with Crippen LogP contribution in [0, 0.1) is 11.7 Å². The van der Waals surface area contributed by atoms with E-state index in [1.54, 1.807) is 18.2 Å². The van der Waals surface area contributed by atoms with Crippen molar-refractivity contribution < 1.29 is 14.0 Å². The number of carbonyl (C=O) groups excluding carboxylic acids is 2. The summed E-state index contributed by atoms with van der Waals surface area (Å²) in [5.41, 5.74) is 0.455. The van der Waals surface area contributed by atoms with E-state index in [9.17, 15) is 14.0 Å². The highest BCUT2D eigenvalue weighted by Gasteiger charge is 2.30. The number of carbonyl (C=O) groups is 2. The predicted molar refractivity (Wildman–Crippen MR) is 57.5 cm³/mol. The molecule has 1 aromatic rings. The third-order valence-electron chi connectivity index (χ3n) is 3.01. The molecule has 0 unspecified atom stereocenters. The molecule has 1 aromatic carbocycles. The molecule has 0 amide bonds. The van der Waals surface area contributed by atoms with Gasteiger partial charge in [-0.2, -0.15) is 0 Å². The summed E-state index contributed by atoms with van der Waals surface area (Å²) in [7, 11) is 0. The number of ketones is 2. The number of benzene rings is 1. The van der Waals surface area contributed by atoms with Gasteiger partial charge in [0.2, 0.25) is 0 Å². The molecule has 1 aliphatic carbocycles. The topological polar surface area (TPSA) is 34.1 Å². The van der Waals surface area contributed by atoms with Crippen molar-refractivity contribution in [2.24, 2.45) is 5.92 Å². The van der Waals surface area contributed by atoms with Gasteiger partial charge < -0.3 is 0 Å². The average Bonchev–Trinajstić information content (AvgIpc) is 2.26. The van der Waals surface area contributed by atoms with Gasteiger partial charge in [0.05, 0.1) is 5.92 Å². The lowest BCUT2D eigenvalue weighted by Gasteiger charge is -2.19. The zero-order valence-electron chi connectivity index (χ0n) is 8.91. The van der Waals surface area contributed by atoms with Crippen molar-refractivity contribution in [2.45, 2.75) is 25.7 Å². The van der Waals surface area contributed by atoms with Crippen molar-refractivity contribution in [3.05, 3.63) is 35.6 Å². The molecule has 0 spiro atoms. The molecule has 0 saturated heterocycles. The second kappa shape index (κ2) is 4.56. The Bertz CT molecular complexity index is 410. The van der Waals surface area contributed by atoms with Gasteiger partial charge in [-0.3, -0.25) is 9.59 Å². The highest BCUT2D eigenvalue weighted by Crippen LogP contribution is 2.22. The standard InChI is InChI=1S/C13H13FO2/c14-11-5-2-1-4-9(11)8-10-12(15)6-3-7-13(10)16/h1-2,4-5,10H,3,6-8H2. The molecule has 3 heteroatoms. The summed E-state index contributed by atoms with van der Waals surface area (Å²) >= 11 is 0. The smallest absolute Gasteiger partial charge is 0.143 e. The molecule has 1 fully saturated rings. The van der Waals surface area contributed by atoms with E-state index in [1.807, 2.05) is 0 Å². The highest BCUT2D eigenvalue weighted by atomic mass is 19.1. The van der Waals surface area contributed by atoms with E-state index >= 15 is 0 Å². The molecule has 1 aliphatic rings. The number of rotatable bonds is 2. The van der Waals surface area contributed by atoms with Crippen molar-refractivity contribution in [3.8, 4) is 0 Å². The Labute approximate surface area is 93.5 Å². The number of halogens is 1. The van der Waals surface area contributed by atoms with E-state index in [1.165, 1.54) is 6.07 Å². The molecule has 0 bridgehead atoms. The van der Waals surface area contributed by atoms with Crippen LogP contribution in [0.2, 0.25) is 0 Å². The summed E-state index contributed by atoms with van der Waals surface area (Å²) < 4.78 is 13.4. The zero-order chi connectivity index (χ0) is 11.5. The van der Waals surface area contributed by atoms with Crippen LogP contribution < -0.4 is 0 Å². The fourth-order valence-corrected chi connectivity index (χ4v) is 2.08. The summed E-state index contributed by atoms with van der Waals surface area (Å²) in [6.07, 6.45) is 1.76. The molecule has 2 nitrogen and oxygen atoms in total. The summed E-state index contributed by atoms with van der Waals surface area (Å²) in [4.78, 5) is 23.2. The van der Waals surface area contributed by atoms with Gasteiger partial charge in [0.1, 0.15) is 17.4 Å². The maximum Gasteiger partial charge on any atom is 0.143 e. The Kier molecular flexibility index (Phi) is 3.13. The molecule has 0 aliphatic heterocycles. The Morgan fingerprint density at radius 2 is 1.75 bits per heavy atom. The maximum absolute atomic E-state index is 13.4. The lowest BCUT2D eigenvalue weighted by Crippen LogP contribution is -2.30. The molecular weight excluding hydrogens is 207 g/mol. The van der Waals surface area contributed by atoms with Crippen LogP contribution in [0.3, 0.4) is 0 Å². The quantitative estimate of drug-likeness (QED) is 0.717. The Hall–Kier alpha value is -1.51. The van der Waals surface area contributed by atoms with Crippen molar-refractivity contribution in [1.29, 1.82) is 0 Å².